The maximum Gasteiger partial charge on any atom is 0.335 e. The van der Waals surface area contributed by atoms with Gasteiger partial charge in [-0.2, -0.15) is 0 Å². The van der Waals surface area contributed by atoms with E-state index in [1.165, 1.54) is 29.7 Å². The monoisotopic (exact) mass is 354 g/mol. The number of amides is 1. The summed E-state index contributed by atoms with van der Waals surface area (Å²) in [5.74, 6) is -1.22. The average Bonchev–Trinajstić information content (AvgIpc) is 2.76. The van der Waals surface area contributed by atoms with E-state index in [0.717, 1.165) is 9.35 Å². The molecule has 2 heterocycles. The first-order valence-corrected chi connectivity index (χ1v) is 7.30. The van der Waals surface area contributed by atoms with Crippen LogP contribution in [0.3, 0.4) is 0 Å². The molecule has 2 aromatic rings. The zero-order valence-corrected chi connectivity index (χ0v) is 12.9. The Morgan fingerprint density at radius 2 is 2.20 bits per heavy atom. The molecule has 0 aliphatic carbocycles. The predicted molar refractivity (Wildman–Crippen MR) is 79.1 cm³/mol. The molecule has 0 aromatic carbocycles. The van der Waals surface area contributed by atoms with Crippen LogP contribution in [0.4, 0.5) is 0 Å². The van der Waals surface area contributed by atoms with Gasteiger partial charge in [-0.25, -0.2) is 4.79 Å². The Morgan fingerprint density at radius 3 is 2.80 bits per heavy atom. The fourth-order valence-electron chi connectivity index (χ4n) is 1.54. The summed E-state index contributed by atoms with van der Waals surface area (Å²) < 4.78 is 0.925. The predicted octanol–water partition coefficient (Wildman–Crippen LogP) is 2.84. The molecule has 2 N–H and O–H groups in total. The number of carbonyl (C=O) groups is 2. The van der Waals surface area contributed by atoms with E-state index in [4.69, 9.17) is 5.11 Å². The van der Waals surface area contributed by atoms with Gasteiger partial charge in [0.25, 0.3) is 5.91 Å². The highest BCUT2D eigenvalue weighted by molar-refractivity contribution is 9.11. The number of aromatic carboxylic acids is 1. The lowest BCUT2D eigenvalue weighted by molar-refractivity contribution is 0.0696. The first-order valence-electron chi connectivity index (χ1n) is 5.69. The number of hydrogen-bond acceptors (Lipinski definition) is 4. The minimum Gasteiger partial charge on any atom is -0.478 e. The van der Waals surface area contributed by atoms with Crippen molar-refractivity contribution >= 4 is 39.1 Å². The standard InChI is InChI=1S/C13H11BrN2O3S/c1-7-4-10(20-11(7)14)12(17)16-6-9-5-8(13(18)19)2-3-15-9/h2-5H,6H2,1H3,(H,16,17)(H,18,19). The van der Waals surface area contributed by atoms with Crippen LogP contribution in [0, 0.1) is 6.92 Å². The Bertz CT molecular complexity index is 650. The summed E-state index contributed by atoms with van der Waals surface area (Å²) in [5, 5.41) is 11.6. The van der Waals surface area contributed by atoms with E-state index in [0.29, 0.717) is 10.6 Å². The van der Waals surface area contributed by atoms with Gasteiger partial charge in [-0.1, -0.05) is 0 Å². The summed E-state index contributed by atoms with van der Waals surface area (Å²) in [6, 6.07) is 4.65. The number of nitrogens with one attached hydrogen (secondary N) is 1. The van der Waals surface area contributed by atoms with Crippen LogP contribution in [0.5, 0.6) is 0 Å². The molecule has 0 bridgehead atoms. The van der Waals surface area contributed by atoms with Crippen LogP contribution in [-0.2, 0) is 6.54 Å². The van der Waals surface area contributed by atoms with E-state index in [-0.39, 0.29) is 18.0 Å². The van der Waals surface area contributed by atoms with Crippen LogP contribution in [0.1, 0.15) is 31.3 Å². The molecule has 0 fully saturated rings. The van der Waals surface area contributed by atoms with Gasteiger partial charge in [0.1, 0.15) is 0 Å². The highest BCUT2D eigenvalue weighted by Crippen LogP contribution is 2.27. The highest BCUT2D eigenvalue weighted by Gasteiger charge is 2.11. The van der Waals surface area contributed by atoms with E-state index in [2.05, 4.69) is 26.2 Å². The zero-order chi connectivity index (χ0) is 14.7. The minimum atomic E-state index is -1.02. The molecule has 0 saturated heterocycles. The Kier molecular flexibility index (Phi) is 4.51. The van der Waals surface area contributed by atoms with E-state index in [1.54, 1.807) is 6.07 Å². The molecule has 0 spiro atoms. The van der Waals surface area contributed by atoms with Gasteiger partial charge in [-0.3, -0.25) is 9.78 Å². The molecule has 2 rings (SSSR count). The van der Waals surface area contributed by atoms with Gasteiger partial charge in [0.15, 0.2) is 0 Å². The lowest BCUT2D eigenvalue weighted by atomic mass is 10.2. The Labute approximate surface area is 127 Å². The SMILES string of the molecule is Cc1cc(C(=O)NCc2cc(C(=O)O)ccn2)sc1Br. The number of carboxylic acid groups (broad SMARTS) is 1. The molecule has 0 aliphatic rings. The minimum absolute atomic E-state index is 0.152. The first kappa shape index (κ1) is 14.7. The molecule has 0 aliphatic heterocycles. The van der Waals surface area contributed by atoms with Crippen molar-refractivity contribution in [1.82, 2.24) is 10.3 Å². The van der Waals surface area contributed by atoms with Gasteiger partial charge in [0, 0.05) is 6.20 Å². The molecule has 7 heteroatoms. The Morgan fingerprint density at radius 1 is 1.45 bits per heavy atom. The van der Waals surface area contributed by atoms with Crippen molar-refractivity contribution in [2.24, 2.45) is 0 Å². The number of rotatable bonds is 4. The summed E-state index contributed by atoms with van der Waals surface area (Å²) in [6.45, 7) is 2.10. The number of aromatic nitrogens is 1. The number of carbonyl (C=O) groups excluding carboxylic acids is 1. The first-order chi connectivity index (χ1) is 9.47. The van der Waals surface area contributed by atoms with Gasteiger partial charge in [-0.05, 0) is 46.6 Å². The van der Waals surface area contributed by atoms with Crippen molar-refractivity contribution in [3.63, 3.8) is 0 Å². The Hall–Kier alpha value is -1.73. The smallest absolute Gasteiger partial charge is 0.335 e. The highest BCUT2D eigenvalue weighted by atomic mass is 79.9. The van der Waals surface area contributed by atoms with Gasteiger partial charge >= 0.3 is 5.97 Å². The molecule has 0 radical (unpaired) electrons. The quantitative estimate of drug-likeness (QED) is 0.884. The number of halogens is 1. The summed E-state index contributed by atoms with van der Waals surface area (Å²) >= 11 is 4.72. The van der Waals surface area contributed by atoms with E-state index >= 15 is 0 Å². The zero-order valence-electron chi connectivity index (χ0n) is 10.5. The van der Waals surface area contributed by atoms with Crippen molar-refractivity contribution in [1.29, 1.82) is 0 Å². The molecule has 2 aromatic heterocycles. The van der Waals surface area contributed by atoms with E-state index in [1.807, 2.05) is 6.92 Å². The van der Waals surface area contributed by atoms with Crippen molar-refractivity contribution in [3.05, 3.63) is 49.9 Å². The molecule has 0 unspecified atom stereocenters. The van der Waals surface area contributed by atoms with Crippen LogP contribution in [0.25, 0.3) is 0 Å². The molecule has 104 valence electrons. The second-order valence-corrected chi connectivity index (χ2v) is 6.46. The third kappa shape index (κ3) is 3.43. The fraction of sp³-hybridized carbons (Fsp3) is 0.154. The van der Waals surface area contributed by atoms with Crippen molar-refractivity contribution in [3.8, 4) is 0 Å². The van der Waals surface area contributed by atoms with Crippen LogP contribution in [0.15, 0.2) is 28.2 Å². The Balaban J connectivity index is 2.03. The summed E-state index contributed by atoms with van der Waals surface area (Å²) in [6.07, 6.45) is 1.41. The molecule has 5 nitrogen and oxygen atoms in total. The summed E-state index contributed by atoms with van der Waals surface area (Å²) in [4.78, 5) is 27.4. The number of aryl methyl sites for hydroxylation is 1. The van der Waals surface area contributed by atoms with Crippen LogP contribution < -0.4 is 5.32 Å². The van der Waals surface area contributed by atoms with Crippen LogP contribution in [0.2, 0.25) is 0 Å². The molecule has 20 heavy (non-hydrogen) atoms. The topological polar surface area (TPSA) is 79.3 Å². The number of hydrogen-bond donors (Lipinski definition) is 2. The average molecular weight is 355 g/mol. The molecule has 1 amide bonds. The summed E-state index contributed by atoms with van der Waals surface area (Å²) in [5.41, 5.74) is 1.66. The molecule has 0 saturated carbocycles. The second kappa shape index (κ2) is 6.15. The van der Waals surface area contributed by atoms with E-state index in [9.17, 15) is 9.59 Å². The maximum atomic E-state index is 11.9. The van der Waals surface area contributed by atoms with Gasteiger partial charge in [0.2, 0.25) is 0 Å². The van der Waals surface area contributed by atoms with Crippen molar-refractivity contribution in [2.45, 2.75) is 13.5 Å². The second-order valence-electron chi connectivity index (χ2n) is 4.09. The number of carboxylic acids is 1. The van der Waals surface area contributed by atoms with Crippen molar-refractivity contribution < 1.29 is 14.7 Å². The number of thiophene rings is 1. The lowest BCUT2D eigenvalue weighted by Crippen LogP contribution is -2.22. The van der Waals surface area contributed by atoms with Gasteiger partial charge in [-0.15, -0.1) is 11.3 Å². The van der Waals surface area contributed by atoms with Crippen LogP contribution in [-0.4, -0.2) is 22.0 Å². The van der Waals surface area contributed by atoms with Gasteiger partial charge < -0.3 is 10.4 Å². The maximum absolute atomic E-state index is 11.9. The normalized spacial score (nSPS) is 10.3. The third-order valence-electron chi connectivity index (χ3n) is 2.57. The van der Waals surface area contributed by atoms with Crippen molar-refractivity contribution in [2.75, 3.05) is 0 Å². The largest absolute Gasteiger partial charge is 0.478 e. The third-order valence-corrected chi connectivity index (χ3v) is 4.71. The molecule has 0 atom stereocenters. The van der Waals surface area contributed by atoms with Crippen LogP contribution >= 0.6 is 27.3 Å². The summed E-state index contributed by atoms with van der Waals surface area (Å²) in [7, 11) is 0. The number of nitrogens with zero attached hydrogens (tertiary/aromatic N) is 1. The fourth-order valence-corrected chi connectivity index (χ4v) is 2.99. The van der Waals surface area contributed by atoms with Gasteiger partial charge in [0.05, 0.1) is 26.5 Å². The van der Waals surface area contributed by atoms with E-state index < -0.39 is 5.97 Å². The molecular formula is C13H11BrN2O3S. The molecular weight excluding hydrogens is 344 g/mol. The number of pyridine rings is 1. The lowest BCUT2D eigenvalue weighted by Gasteiger charge is -2.03.